The van der Waals surface area contributed by atoms with Crippen LogP contribution in [0.4, 0.5) is 0 Å². The molecule has 0 saturated carbocycles. The number of carbonyl (C=O) groups is 1. The Hall–Kier alpha value is -1.21. The van der Waals surface area contributed by atoms with Crippen LogP contribution < -0.4 is 5.73 Å². The average Bonchev–Trinajstić information content (AvgIpc) is 1.65. The van der Waals surface area contributed by atoms with Gasteiger partial charge < -0.3 is 15.9 Å². The Morgan fingerprint density at radius 2 is 2.22 bits per heavy atom. The zero-order valence-corrected chi connectivity index (χ0v) is 4.88. The van der Waals surface area contributed by atoms with Crippen molar-refractivity contribution in [1.29, 1.82) is 0 Å². The third-order valence-electron chi connectivity index (χ3n) is 0.760. The lowest BCUT2D eigenvalue weighted by Gasteiger charge is -2.08. The lowest BCUT2D eigenvalue weighted by molar-refractivity contribution is -0.140. The molecule has 0 amide bonds. The van der Waals surface area contributed by atoms with Crippen molar-refractivity contribution in [2.45, 2.75) is 12.5 Å². The fourth-order valence-electron chi connectivity index (χ4n) is 0.170. The van der Waals surface area contributed by atoms with E-state index in [-0.39, 0.29) is 0 Å². The van der Waals surface area contributed by atoms with E-state index in [1.807, 2.05) is 5.92 Å². The fourth-order valence-corrected chi connectivity index (χ4v) is 0.170. The number of aliphatic hydroxyl groups is 1. The molecule has 4 nitrogen and oxygen atoms in total. The number of aliphatic carboxylic acids is 1. The van der Waals surface area contributed by atoms with E-state index in [1.165, 1.54) is 13.0 Å². The van der Waals surface area contributed by atoms with Gasteiger partial charge in [0.2, 0.25) is 0 Å². The van der Waals surface area contributed by atoms with Gasteiger partial charge in [0, 0.05) is 0 Å². The molecule has 0 rings (SSSR count). The quantitative estimate of drug-likeness (QED) is 0.401. The van der Waals surface area contributed by atoms with Gasteiger partial charge in [0.15, 0.2) is 5.54 Å². The standard InChI is InChI=1S/C5H7NO3/c1-5(6,2-3-7)4(8)9/h7H,6H2,1H3,(H,8,9). The minimum Gasteiger partial charge on any atom is -0.479 e. The van der Waals surface area contributed by atoms with Gasteiger partial charge in [-0.2, -0.15) is 0 Å². The summed E-state index contributed by atoms with van der Waals surface area (Å²) in [6, 6.07) is 0. The first-order valence-corrected chi connectivity index (χ1v) is 2.19. The van der Waals surface area contributed by atoms with E-state index in [9.17, 15) is 4.79 Å². The Bertz CT molecular complexity index is 174. The third-order valence-corrected chi connectivity index (χ3v) is 0.760. The van der Waals surface area contributed by atoms with Crippen LogP contribution >= 0.6 is 0 Å². The van der Waals surface area contributed by atoms with Crippen molar-refractivity contribution in [3.8, 4) is 12.0 Å². The van der Waals surface area contributed by atoms with E-state index >= 15 is 0 Å². The number of aliphatic hydroxyl groups excluding tert-OH is 1. The van der Waals surface area contributed by atoms with Gasteiger partial charge in [-0.3, -0.25) is 0 Å². The van der Waals surface area contributed by atoms with Crippen LogP contribution in [-0.2, 0) is 4.79 Å². The van der Waals surface area contributed by atoms with Crippen molar-refractivity contribution >= 4 is 5.97 Å². The topological polar surface area (TPSA) is 83.5 Å². The van der Waals surface area contributed by atoms with E-state index < -0.39 is 11.5 Å². The van der Waals surface area contributed by atoms with Crippen molar-refractivity contribution in [1.82, 2.24) is 0 Å². The van der Waals surface area contributed by atoms with Crippen LogP contribution in [-0.4, -0.2) is 21.7 Å². The largest absolute Gasteiger partial charge is 0.479 e. The number of hydrogen-bond acceptors (Lipinski definition) is 3. The van der Waals surface area contributed by atoms with E-state index in [4.69, 9.17) is 15.9 Å². The van der Waals surface area contributed by atoms with Crippen LogP contribution in [0.5, 0.6) is 0 Å². The number of rotatable bonds is 1. The Labute approximate surface area is 52.3 Å². The predicted molar refractivity (Wildman–Crippen MR) is 29.9 cm³/mol. The van der Waals surface area contributed by atoms with Gasteiger partial charge in [0.1, 0.15) is 6.11 Å². The van der Waals surface area contributed by atoms with Crippen molar-refractivity contribution in [2.24, 2.45) is 5.73 Å². The molecule has 0 aromatic carbocycles. The van der Waals surface area contributed by atoms with Crippen molar-refractivity contribution in [3.05, 3.63) is 0 Å². The molecule has 0 radical (unpaired) electrons. The molecule has 4 heteroatoms. The zero-order chi connectivity index (χ0) is 7.49. The monoisotopic (exact) mass is 129 g/mol. The van der Waals surface area contributed by atoms with E-state index in [1.54, 1.807) is 0 Å². The molecule has 0 aliphatic heterocycles. The minimum absolute atomic E-state index is 1.19. The summed E-state index contributed by atoms with van der Waals surface area (Å²) in [4.78, 5) is 10.1. The molecule has 0 aliphatic rings. The molecule has 50 valence electrons. The van der Waals surface area contributed by atoms with Crippen LogP contribution in [0.25, 0.3) is 0 Å². The highest BCUT2D eigenvalue weighted by Gasteiger charge is 2.24. The molecule has 1 unspecified atom stereocenters. The van der Waals surface area contributed by atoms with Crippen LogP contribution in [0.15, 0.2) is 0 Å². The van der Waals surface area contributed by atoms with Crippen LogP contribution in [0, 0.1) is 12.0 Å². The third kappa shape index (κ3) is 2.02. The van der Waals surface area contributed by atoms with Gasteiger partial charge in [-0.1, -0.05) is 0 Å². The molecular formula is C5H7NO3. The summed E-state index contributed by atoms with van der Waals surface area (Å²) in [6.07, 6.45) is 1.43. The lowest BCUT2D eigenvalue weighted by Crippen LogP contribution is -2.43. The maximum Gasteiger partial charge on any atom is 0.336 e. The van der Waals surface area contributed by atoms with E-state index in [0.717, 1.165) is 0 Å². The Kier molecular flexibility index (Phi) is 2.06. The minimum atomic E-state index is -1.64. The molecule has 0 saturated heterocycles. The molecule has 9 heavy (non-hydrogen) atoms. The summed E-state index contributed by atoms with van der Waals surface area (Å²) >= 11 is 0. The van der Waals surface area contributed by atoms with E-state index in [2.05, 4.69) is 0 Å². The first-order valence-electron chi connectivity index (χ1n) is 2.19. The normalized spacial score (nSPS) is 14.9. The molecule has 0 heterocycles. The second-order valence-electron chi connectivity index (χ2n) is 1.74. The van der Waals surface area contributed by atoms with Gasteiger partial charge >= 0.3 is 5.97 Å². The summed E-state index contributed by atoms with van der Waals surface area (Å²) in [5.41, 5.74) is 3.39. The maximum atomic E-state index is 10.1. The maximum absolute atomic E-state index is 10.1. The highest BCUT2D eigenvalue weighted by molar-refractivity contribution is 5.82. The van der Waals surface area contributed by atoms with Gasteiger partial charge in [0.25, 0.3) is 0 Å². The summed E-state index contributed by atoms with van der Waals surface area (Å²) in [6.45, 7) is 1.19. The molecule has 0 aliphatic carbocycles. The Morgan fingerprint density at radius 1 is 1.78 bits per heavy atom. The first kappa shape index (κ1) is 7.79. The second kappa shape index (κ2) is 2.37. The summed E-state index contributed by atoms with van der Waals surface area (Å²) in [5.74, 6) is 0.645. The lowest BCUT2D eigenvalue weighted by atomic mass is 10.1. The van der Waals surface area contributed by atoms with Crippen molar-refractivity contribution in [3.63, 3.8) is 0 Å². The Morgan fingerprint density at radius 3 is 2.33 bits per heavy atom. The highest BCUT2D eigenvalue weighted by atomic mass is 16.4. The van der Waals surface area contributed by atoms with Gasteiger partial charge in [-0.25, -0.2) is 4.79 Å². The SMILES string of the molecule is CC(N)(C#CO)C(=O)O. The summed E-state index contributed by atoms with van der Waals surface area (Å²) in [7, 11) is 0. The molecule has 0 spiro atoms. The Balaban J connectivity index is 4.32. The average molecular weight is 129 g/mol. The van der Waals surface area contributed by atoms with Crippen LogP contribution in [0.2, 0.25) is 0 Å². The molecule has 0 bridgehead atoms. The van der Waals surface area contributed by atoms with Gasteiger partial charge in [-0.05, 0) is 12.8 Å². The zero-order valence-electron chi connectivity index (χ0n) is 4.88. The summed E-state index contributed by atoms with van der Waals surface area (Å²) < 4.78 is 0. The molecule has 0 aromatic rings. The van der Waals surface area contributed by atoms with Crippen LogP contribution in [0.1, 0.15) is 6.92 Å². The number of nitrogens with two attached hydrogens (primary N) is 1. The molecule has 0 fully saturated rings. The molecule has 0 aromatic heterocycles. The van der Waals surface area contributed by atoms with E-state index in [0.29, 0.717) is 0 Å². The van der Waals surface area contributed by atoms with Crippen molar-refractivity contribution in [2.75, 3.05) is 0 Å². The smallest absolute Gasteiger partial charge is 0.336 e. The van der Waals surface area contributed by atoms with Crippen molar-refractivity contribution < 1.29 is 15.0 Å². The number of carboxylic acid groups (broad SMARTS) is 1. The fraction of sp³-hybridized carbons (Fsp3) is 0.400. The second-order valence-corrected chi connectivity index (χ2v) is 1.74. The predicted octanol–water partition coefficient (Wildman–Crippen LogP) is -0.878. The highest BCUT2D eigenvalue weighted by Crippen LogP contribution is 1.94. The van der Waals surface area contributed by atoms with Gasteiger partial charge in [0.05, 0.1) is 0 Å². The summed E-state index contributed by atoms with van der Waals surface area (Å²) in [5, 5.41) is 16.2. The van der Waals surface area contributed by atoms with Gasteiger partial charge in [-0.15, -0.1) is 0 Å². The first-order chi connectivity index (χ1) is 4.00. The molecule has 4 N–H and O–H groups in total. The molecule has 1 atom stereocenters. The van der Waals surface area contributed by atoms with Crippen LogP contribution in [0.3, 0.4) is 0 Å². The molecular weight excluding hydrogens is 122 g/mol. The number of hydrogen-bond donors (Lipinski definition) is 3. The number of carboxylic acids is 1.